The van der Waals surface area contributed by atoms with Crippen molar-refractivity contribution in [2.24, 2.45) is 0 Å². The number of benzene rings is 1. The number of halogens is 3. The maximum Gasteiger partial charge on any atom is 0.416 e. The summed E-state index contributed by atoms with van der Waals surface area (Å²) in [4.78, 5) is 0. The molecule has 0 unspecified atom stereocenters. The maximum absolute atomic E-state index is 12.4. The summed E-state index contributed by atoms with van der Waals surface area (Å²) in [6, 6.07) is 3.95. The third-order valence-corrected chi connectivity index (χ3v) is 2.63. The zero-order valence-corrected chi connectivity index (χ0v) is 8.19. The Kier molecular flexibility index (Phi) is 2.59. The molecule has 1 aliphatic heterocycles. The second-order valence-electron chi connectivity index (χ2n) is 3.75. The van der Waals surface area contributed by atoms with Crippen molar-refractivity contribution in [2.75, 3.05) is 11.9 Å². The van der Waals surface area contributed by atoms with Crippen molar-refractivity contribution in [3.63, 3.8) is 0 Å². The van der Waals surface area contributed by atoms with Crippen LogP contribution in [0.15, 0.2) is 18.2 Å². The van der Waals surface area contributed by atoms with Crippen LogP contribution in [0.5, 0.6) is 0 Å². The average Bonchev–Trinajstić information content (AvgIpc) is 2.39. The Labute approximate surface area is 86.3 Å². The molecule has 0 saturated carbocycles. The minimum atomic E-state index is -4.25. The van der Waals surface area contributed by atoms with Crippen molar-refractivity contribution in [3.8, 4) is 0 Å². The standard InChI is InChI=1S/C11H12F3N/c12-11(13,14)9-5-4-8-3-1-2-6-15-10(8)7-9/h4-5,7,15H,1-3,6H2. The SMILES string of the molecule is FC(F)(F)c1ccc2c(c1)NCCCC2. The van der Waals surface area contributed by atoms with Gasteiger partial charge in [-0.25, -0.2) is 0 Å². The number of alkyl halides is 3. The third kappa shape index (κ3) is 2.25. The van der Waals surface area contributed by atoms with Gasteiger partial charge in [0.05, 0.1) is 5.56 Å². The van der Waals surface area contributed by atoms with Crippen molar-refractivity contribution in [1.29, 1.82) is 0 Å². The predicted molar refractivity (Wildman–Crippen MR) is 52.9 cm³/mol. The molecule has 0 aromatic heterocycles. The van der Waals surface area contributed by atoms with E-state index in [2.05, 4.69) is 5.32 Å². The Hall–Kier alpha value is -1.19. The highest BCUT2D eigenvalue weighted by atomic mass is 19.4. The Morgan fingerprint density at radius 1 is 1.13 bits per heavy atom. The van der Waals surface area contributed by atoms with Crippen LogP contribution >= 0.6 is 0 Å². The van der Waals surface area contributed by atoms with Gasteiger partial charge in [0.2, 0.25) is 0 Å². The lowest BCUT2D eigenvalue weighted by Gasteiger charge is -2.12. The molecule has 0 bridgehead atoms. The fraction of sp³-hybridized carbons (Fsp3) is 0.455. The van der Waals surface area contributed by atoms with Crippen LogP contribution in [0.2, 0.25) is 0 Å². The first kappa shape index (κ1) is 10.3. The molecule has 1 aromatic carbocycles. The summed E-state index contributed by atoms with van der Waals surface area (Å²) >= 11 is 0. The molecular weight excluding hydrogens is 203 g/mol. The smallest absolute Gasteiger partial charge is 0.385 e. The fourth-order valence-corrected chi connectivity index (χ4v) is 1.80. The van der Waals surface area contributed by atoms with Crippen molar-refractivity contribution in [1.82, 2.24) is 0 Å². The molecule has 2 rings (SSSR count). The molecule has 4 heteroatoms. The van der Waals surface area contributed by atoms with E-state index in [0.29, 0.717) is 5.69 Å². The molecule has 0 aliphatic carbocycles. The first-order valence-corrected chi connectivity index (χ1v) is 5.01. The summed E-state index contributed by atoms with van der Waals surface area (Å²) in [5.74, 6) is 0. The number of aryl methyl sites for hydroxylation is 1. The van der Waals surface area contributed by atoms with Gasteiger partial charge in [-0.2, -0.15) is 13.2 Å². The lowest BCUT2D eigenvalue weighted by molar-refractivity contribution is -0.137. The molecule has 0 radical (unpaired) electrons. The molecule has 1 nitrogen and oxygen atoms in total. The lowest BCUT2D eigenvalue weighted by Crippen LogP contribution is -2.07. The topological polar surface area (TPSA) is 12.0 Å². The van der Waals surface area contributed by atoms with Gasteiger partial charge in [0.25, 0.3) is 0 Å². The molecule has 0 atom stereocenters. The van der Waals surface area contributed by atoms with E-state index < -0.39 is 11.7 Å². The molecule has 1 N–H and O–H groups in total. The number of anilines is 1. The van der Waals surface area contributed by atoms with Crippen LogP contribution in [0.4, 0.5) is 18.9 Å². The van der Waals surface area contributed by atoms with Crippen LogP contribution in [0, 0.1) is 0 Å². The normalized spacial score (nSPS) is 16.5. The van der Waals surface area contributed by atoms with Gasteiger partial charge < -0.3 is 5.32 Å². The Balaban J connectivity index is 2.36. The van der Waals surface area contributed by atoms with Gasteiger partial charge in [-0.1, -0.05) is 6.07 Å². The largest absolute Gasteiger partial charge is 0.416 e. The highest BCUT2D eigenvalue weighted by Crippen LogP contribution is 2.33. The van der Waals surface area contributed by atoms with Crippen LogP contribution in [0.25, 0.3) is 0 Å². The van der Waals surface area contributed by atoms with E-state index in [9.17, 15) is 13.2 Å². The molecule has 0 saturated heterocycles. The van der Waals surface area contributed by atoms with Crippen LogP contribution in [0.1, 0.15) is 24.0 Å². The second kappa shape index (κ2) is 3.76. The Morgan fingerprint density at radius 3 is 2.67 bits per heavy atom. The van der Waals surface area contributed by atoms with Crippen LogP contribution in [-0.4, -0.2) is 6.54 Å². The molecule has 1 heterocycles. The predicted octanol–water partition coefficient (Wildman–Crippen LogP) is 3.45. The van der Waals surface area contributed by atoms with E-state index in [-0.39, 0.29) is 0 Å². The van der Waals surface area contributed by atoms with E-state index in [0.717, 1.165) is 37.4 Å². The van der Waals surface area contributed by atoms with E-state index in [1.165, 1.54) is 6.07 Å². The van der Waals surface area contributed by atoms with Gasteiger partial charge in [-0.15, -0.1) is 0 Å². The van der Waals surface area contributed by atoms with Gasteiger partial charge in [0.1, 0.15) is 0 Å². The van der Waals surface area contributed by atoms with Gasteiger partial charge in [-0.05, 0) is 37.0 Å². The van der Waals surface area contributed by atoms with Crippen molar-refractivity contribution < 1.29 is 13.2 Å². The zero-order chi connectivity index (χ0) is 10.9. The van der Waals surface area contributed by atoms with Crippen LogP contribution < -0.4 is 5.32 Å². The molecular formula is C11H12F3N. The molecule has 0 spiro atoms. The minimum absolute atomic E-state index is 0.573. The number of hydrogen-bond donors (Lipinski definition) is 1. The summed E-state index contributed by atoms with van der Waals surface area (Å²) in [6.07, 6.45) is -1.34. The maximum atomic E-state index is 12.4. The number of rotatable bonds is 0. The second-order valence-corrected chi connectivity index (χ2v) is 3.75. The van der Waals surface area contributed by atoms with Crippen LogP contribution in [0.3, 0.4) is 0 Å². The Morgan fingerprint density at radius 2 is 1.93 bits per heavy atom. The quantitative estimate of drug-likeness (QED) is 0.698. The average molecular weight is 215 g/mol. The number of hydrogen-bond acceptors (Lipinski definition) is 1. The summed E-state index contributed by atoms with van der Waals surface area (Å²) in [5, 5.41) is 3.04. The monoisotopic (exact) mass is 215 g/mol. The molecule has 1 aliphatic rings. The van der Waals surface area contributed by atoms with Gasteiger partial charge in [-0.3, -0.25) is 0 Å². The third-order valence-electron chi connectivity index (χ3n) is 2.63. The minimum Gasteiger partial charge on any atom is -0.385 e. The summed E-state index contributed by atoms with van der Waals surface area (Å²) in [7, 11) is 0. The van der Waals surface area contributed by atoms with Crippen molar-refractivity contribution in [2.45, 2.75) is 25.4 Å². The molecule has 82 valence electrons. The summed E-state index contributed by atoms with van der Waals surface area (Å²) in [5.41, 5.74) is 1.05. The highest BCUT2D eigenvalue weighted by molar-refractivity contribution is 5.54. The van der Waals surface area contributed by atoms with Crippen molar-refractivity contribution in [3.05, 3.63) is 29.3 Å². The first-order valence-electron chi connectivity index (χ1n) is 5.01. The van der Waals surface area contributed by atoms with Crippen LogP contribution in [-0.2, 0) is 12.6 Å². The lowest BCUT2D eigenvalue weighted by atomic mass is 10.1. The van der Waals surface area contributed by atoms with Gasteiger partial charge in [0.15, 0.2) is 0 Å². The molecule has 1 aromatic rings. The zero-order valence-electron chi connectivity index (χ0n) is 8.19. The number of nitrogens with one attached hydrogen (secondary N) is 1. The van der Waals surface area contributed by atoms with Gasteiger partial charge >= 0.3 is 6.18 Å². The van der Waals surface area contributed by atoms with E-state index in [1.807, 2.05) is 0 Å². The first-order chi connectivity index (χ1) is 7.07. The summed E-state index contributed by atoms with van der Waals surface area (Å²) in [6.45, 7) is 0.758. The highest BCUT2D eigenvalue weighted by Gasteiger charge is 2.31. The Bertz CT molecular complexity index is 357. The number of fused-ring (bicyclic) bond motifs is 1. The van der Waals surface area contributed by atoms with Crippen molar-refractivity contribution >= 4 is 5.69 Å². The molecule has 0 fully saturated rings. The summed E-state index contributed by atoms with van der Waals surface area (Å²) < 4.78 is 37.3. The van der Waals surface area contributed by atoms with E-state index >= 15 is 0 Å². The van der Waals surface area contributed by atoms with E-state index in [4.69, 9.17) is 0 Å². The van der Waals surface area contributed by atoms with E-state index in [1.54, 1.807) is 6.07 Å². The fourth-order valence-electron chi connectivity index (χ4n) is 1.80. The molecule has 15 heavy (non-hydrogen) atoms. The molecule has 0 amide bonds. The van der Waals surface area contributed by atoms with Gasteiger partial charge in [0, 0.05) is 12.2 Å².